The summed E-state index contributed by atoms with van der Waals surface area (Å²) in [6.45, 7) is 2.63. The van der Waals surface area contributed by atoms with Gasteiger partial charge in [-0.3, -0.25) is 9.78 Å². The van der Waals surface area contributed by atoms with E-state index in [1.165, 1.54) is 12.8 Å². The number of fused-ring (bicyclic) bond motifs is 1. The number of carbonyl (C=O) groups is 1. The summed E-state index contributed by atoms with van der Waals surface area (Å²) in [5.41, 5.74) is 11.4. The summed E-state index contributed by atoms with van der Waals surface area (Å²) >= 11 is 0. The van der Waals surface area contributed by atoms with Crippen molar-refractivity contribution in [3.8, 4) is 0 Å². The van der Waals surface area contributed by atoms with Gasteiger partial charge in [0.05, 0.1) is 11.1 Å². The van der Waals surface area contributed by atoms with Crippen molar-refractivity contribution in [3.63, 3.8) is 0 Å². The number of hydrogen-bond acceptors (Lipinski definition) is 3. The van der Waals surface area contributed by atoms with Crippen molar-refractivity contribution >= 4 is 47.3 Å². The molecule has 1 fully saturated rings. The molecule has 1 saturated carbocycles. The van der Waals surface area contributed by atoms with E-state index in [0.717, 1.165) is 45.4 Å². The van der Waals surface area contributed by atoms with Crippen LogP contribution in [0.4, 0.5) is 5.69 Å². The van der Waals surface area contributed by atoms with E-state index in [1.807, 2.05) is 49.4 Å². The van der Waals surface area contributed by atoms with Gasteiger partial charge in [0, 0.05) is 29.2 Å². The predicted octanol–water partition coefficient (Wildman–Crippen LogP) is 4.82. The standard InChI is InChI=1S/C22H23N3O.2ClH/c1-14-2-9-20-18(12-14)19(13-21(25-20)16-5-6-16)22(26)24-11-10-15-3-7-17(23)8-4-15;;/h2-4,7-9,12-13,16H,5-6,10-11,23H2,1H3,(H,24,26);2*1H. The molecule has 2 aromatic carbocycles. The Morgan fingerprint density at radius 2 is 1.82 bits per heavy atom. The molecule has 1 aliphatic carbocycles. The van der Waals surface area contributed by atoms with E-state index in [0.29, 0.717) is 12.5 Å². The number of aromatic nitrogens is 1. The van der Waals surface area contributed by atoms with Crippen molar-refractivity contribution in [2.75, 3.05) is 12.3 Å². The number of nitrogen functional groups attached to an aromatic ring is 1. The first kappa shape index (κ1) is 22.0. The Balaban J connectivity index is 0.00000140. The van der Waals surface area contributed by atoms with Gasteiger partial charge in [0.15, 0.2) is 0 Å². The molecule has 1 aliphatic rings. The molecule has 4 nitrogen and oxygen atoms in total. The topological polar surface area (TPSA) is 68.0 Å². The number of anilines is 1. The van der Waals surface area contributed by atoms with Gasteiger partial charge >= 0.3 is 0 Å². The summed E-state index contributed by atoms with van der Waals surface area (Å²) in [5, 5.41) is 3.99. The van der Waals surface area contributed by atoms with Crippen molar-refractivity contribution in [1.29, 1.82) is 0 Å². The molecule has 0 aliphatic heterocycles. The number of carbonyl (C=O) groups excluding carboxylic acids is 1. The average molecular weight is 418 g/mol. The van der Waals surface area contributed by atoms with Crippen molar-refractivity contribution < 1.29 is 4.79 Å². The second-order valence-electron chi connectivity index (χ2n) is 7.14. The number of rotatable bonds is 5. The number of aryl methyl sites for hydroxylation is 1. The van der Waals surface area contributed by atoms with Gasteiger partial charge in [-0.25, -0.2) is 0 Å². The van der Waals surface area contributed by atoms with Crippen LogP contribution < -0.4 is 11.1 Å². The van der Waals surface area contributed by atoms with Crippen LogP contribution in [-0.4, -0.2) is 17.4 Å². The number of nitrogens with two attached hydrogens (primary N) is 1. The lowest BCUT2D eigenvalue weighted by Crippen LogP contribution is -2.26. The third-order valence-electron chi connectivity index (χ3n) is 4.90. The van der Waals surface area contributed by atoms with E-state index in [9.17, 15) is 4.79 Å². The van der Waals surface area contributed by atoms with E-state index in [-0.39, 0.29) is 30.7 Å². The quantitative estimate of drug-likeness (QED) is 0.584. The Morgan fingerprint density at radius 1 is 1.11 bits per heavy atom. The van der Waals surface area contributed by atoms with Crippen LogP contribution in [0, 0.1) is 6.92 Å². The summed E-state index contributed by atoms with van der Waals surface area (Å²) in [5.74, 6) is 0.488. The predicted molar refractivity (Wildman–Crippen MR) is 120 cm³/mol. The fourth-order valence-electron chi connectivity index (χ4n) is 3.24. The van der Waals surface area contributed by atoms with Crippen molar-refractivity contribution in [2.45, 2.75) is 32.1 Å². The van der Waals surface area contributed by atoms with Crippen LogP contribution in [0.15, 0.2) is 48.5 Å². The second kappa shape index (κ2) is 9.26. The monoisotopic (exact) mass is 417 g/mol. The molecule has 1 amide bonds. The molecule has 6 heteroatoms. The summed E-state index contributed by atoms with van der Waals surface area (Å²) in [7, 11) is 0. The minimum Gasteiger partial charge on any atom is -0.399 e. The Kier molecular flexibility index (Phi) is 7.28. The molecule has 0 atom stereocenters. The molecule has 1 aromatic heterocycles. The Morgan fingerprint density at radius 3 is 2.50 bits per heavy atom. The summed E-state index contributed by atoms with van der Waals surface area (Å²) in [6.07, 6.45) is 3.12. The highest BCUT2D eigenvalue weighted by Gasteiger charge is 2.27. The highest BCUT2D eigenvalue weighted by Crippen LogP contribution is 2.40. The molecule has 0 radical (unpaired) electrons. The van der Waals surface area contributed by atoms with E-state index < -0.39 is 0 Å². The number of nitrogens with one attached hydrogen (secondary N) is 1. The van der Waals surface area contributed by atoms with E-state index in [2.05, 4.69) is 11.4 Å². The summed E-state index contributed by atoms with van der Waals surface area (Å²) in [6, 6.07) is 15.9. The third kappa shape index (κ3) is 4.94. The number of halogens is 2. The third-order valence-corrected chi connectivity index (χ3v) is 4.90. The van der Waals surface area contributed by atoms with Gasteiger partial charge in [0.1, 0.15) is 0 Å². The molecule has 0 bridgehead atoms. The van der Waals surface area contributed by atoms with Gasteiger partial charge in [-0.2, -0.15) is 0 Å². The van der Waals surface area contributed by atoms with Gasteiger partial charge in [-0.15, -0.1) is 24.8 Å². The number of hydrogen-bond donors (Lipinski definition) is 2. The molecule has 0 unspecified atom stereocenters. The highest BCUT2D eigenvalue weighted by molar-refractivity contribution is 6.06. The average Bonchev–Trinajstić information content (AvgIpc) is 3.47. The van der Waals surface area contributed by atoms with Crippen molar-refractivity contribution in [1.82, 2.24) is 10.3 Å². The SMILES string of the molecule is Cc1ccc2nc(C3CC3)cc(C(=O)NCCc3ccc(N)cc3)c2c1.Cl.Cl. The fraction of sp³-hybridized carbons (Fsp3) is 0.273. The van der Waals surface area contributed by atoms with E-state index >= 15 is 0 Å². The highest BCUT2D eigenvalue weighted by atomic mass is 35.5. The number of benzene rings is 2. The van der Waals surface area contributed by atoms with Gasteiger partial charge in [-0.05, 0) is 62.1 Å². The van der Waals surface area contributed by atoms with Gasteiger partial charge < -0.3 is 11.1 Å². The normalized spacial score (nSPS) is 12.8. The fourth-order valence-corrected chi connectivity index (χ4v) is 3.24. The van der Waals surface area contributed by atoms with Crippen LogP contribution in [0.3, 0.4) is 0 Å². The first-order valence-electron chi connectivity index (χ1n) is 9.14. The van der Waals surface area contributed by atoms with Gasteiger partial charge in [0.2, 0.25) is 0 Å². The molecule has 0 spiro atoms. The van der Waals surface area contributed by atoms with Gasteiger partial charge in [-0.1, -0.05) is 23.8 Å². The Labute approximate surface area is 177 Å². The minimum atomic E-state index is -0.0275. The smallest absolute Gasteiger partial charge is 0.252 e. The lowest BCUT2D eigenvalue weighted by molar-refractivity contribution is 0.0955. The first-order valence-corrected chi connectivity index (χ1v) is 9.14. The largest absolute Gasteiger partial charge is 0.399 e. The van der Waals surface area contributed by atoms with Crippen molar-refractivity contribution in [2.24, 2.45) is 0 Å². The molecular weight excluding hydrogens is 393 g/mol. The van der Waals surface area contributed by atoms with Crippen LogP contribution in [0.25, 0.3) is 10.9 Å². The zero-order valence-corrected chi connectivity index (χ0v) is 17.4. The molecular formula is C22H25Cl2N3O. The molecule has 3 aromatic rings. The molecule has 4 rings (SSSR count). The summed E-state index contributed by atoms with van der Waals surface area (Å²) < 4.78 is 0. The minimum absolute atomic E-state index is 0. The van der Waals surface area contributed by atoms with Crippen LogP contribution >= 0.6 is 24.8 Å². The zero-order valence-electron chi connectivity index (χ0n) is 15.8. The maximum absolute atomic E-state index is 12.9. The van der Waals surface area contributed by atoms with E-state index in [1.54, 1.807) is 0 Å². The van der Waals surface area contributed by atoms with Crippen LogP contribution in [0.1, 0.15) is 45.9 Å². The van der Waals surface area contributed by atoms with Crippen molar-refractivity contribution in [3.05, 3.63) is 70.9 Å². The summed E-state index contributed by atoms with van der Waals surface area (Å²) in [4.78, 5) is 17.6. The van der Waals surface area contributed by atoms with Crippen LogP contribution in [-0.2, 0) is 6.42 Å². The molecule has 3 N–H and O–H groups in total. The molecule has 28 heavy (non-hydrogen) atoms. The lowest BCUT2D eigenvalue weighted by atomic mass is 10.0. The Hall–Kier alpha value is -2.30. The first-order chi connectivity index (χ1) is 12.6. The molecule has 148 valence electrons. The van der Waals surface area contributed by atoms with Crippen LogP contribution in [0.2, 0.25) is 0 Å². The van der Waals surface area contributed by atoms with E-state index in [4.69, 9.17) is 10.7 Å². The zero-order chi connectivity index (χ0) is 18.1. The molecule has 1 heterocycles. The number of nitrogens with zero attached hydrogens (tertiary/aromatic N) is 1. The number of pyridine rings is 1. The number of amides is 1. The van der Waals surface area contributed by atoms with Gasteiger partial charge in [0.25, 0.3) is 5.91 Å². The lowest BCUT2D eigenvalue weighted by Gasteiger charge is -2.11. The second-order valence-corrected chi connectivity index (χ2v) is 7.14. The maximum Gasteiger partial charge on any atom is 0.252 e. The van der Waals surface area contributed by atoms with Crippen LogP contribution in [0.5, 0.6) is 0 Å². The maximum atomic E-state index is 12.9. The Bertz CT molecular complexity index is 969. The molecule has 0 saturated heterocycles.